The second-order valence-corrected chi connectivity index (χ2v) is 11.5. The molecule has 4 aromatic carbocycles. The van der Waals surface area contributed by atoms with Crippen LogP contribution in [0.1, 0.15) is 28.0 Å². The molecule has 6 rings (SSSR count). The summed E-state index contributed by atoms with van der Waals surface area (Å²) < 4.78 is 36.8. The number of nitrogens with zero attached hydrogens (tertiary/aromatic N) is 4. The van der Waals surface area contributed by atoms with Crippen molar-refractivity contribution in [3.05, 3.63) is 114 Å². The zero-order valence-corrected chi connectivity index (χ0v) is 21.9. The number of benzene rings is 4. The van der Waals surface area contributed by atoms with E-state index in [-0.39, 0.29) is 10.1 Å². The second kappa shape index (κ2) is 10.1. The molecule has 5 aromatic rings. The van der Waals surface area contributed by atoms with Crippen LogP contribution in [0.3, 0.4) is 0 Å². The van der Waals surface area contributed by atoms with E-state index < -0.39 is 16.1 Å². The van der Waals surface area contributed by atoms with Crippen LogP contribution >= 0.6 is 11.8 Å². The van der Waals surface area contributed by atoms with E-state index in [9.17, 15) is 8.42 Å². The summed E-state index contributed by atoms with van der Waals surface area (Å²) in [5.74, 6) is 0.701. The Balaban J connectivity index is 1.37. The highest BCUT2D eigenvalue weighted by Crippen LogP contribution is 2.53. The zero-order valence-electron chi connectivity index (χ0n) is 20.3. The van der Waals surface area contributed by atoms with Gasteiger partial charge in [-0.3, -0.25) is 0 Å². The molecule has 190 valence electrons. The van der Waals surface area contributed by atoms with Gasteiger partial charge in [-0.25, -0.2) is 13.1 Å². The number of hydrogen-bond donors (Lipinski definition) is 1. The number of para-hydroxylation sites is 1. The van der Waals surface area contributed by atoms with Crippen LogP contribution in [0.4, 0.5) is 0 Å². The molecule has 2 atom stereocenters. The van der Waals surface area contributed by atoms with Gasteiger partial charge in [0, 0.05) is 5.56 Å². The van der Waals surface area contributed by atoms with Gasteiger partial charge in [0.25, 0.3) is 0 Å². The summed E-state index contributed by atoms with van der Waals surface area (Å²) in [5, 5.41) is 15.3. The first-order valence-corrected chi connectivity index (χ1v) is 14.2. The minimum absolute atomic E-state index is 0.219. The predicted molar refractivity (Wildman–Crippen MR) is 148 cm³/mol. The molecule has 0 spiro atoms. The molecule has 0 fully saturated rings. The van der Waals surface area contributed by atoms with Crippen molar-refractivity contribution in [3.63, 3.8) is 0 Å². The summed E-state index contributed by atoms with van der Waals surface area (Å²) in [7, 11) is -2.17. The standard InChI is InChI=1S/C28H23N5O3S2/c1-36-24-16-6-5-9-20(24)17-30-33-18-29-31-28(33)37-27-23-15-8-11-19-10-7-14-22(25(19)23)26(27)32-38(34,35)21-12-3-2-4-13-21/h2-18,26-27,32H,1H3/b30-17-/t26-,27+/m0/s1. The van der Waals surface area contributed by atoms with Gasteiger partial charge in [-0.15, -0.1) is 10.2 Å². The molecule has 38 heavy (non-hydrogen) atoms. The van der Waals surface area contributed by atoms with E-state index in [0.717, 1.165) is 27.5 Å². The molecule has 0 aliphatic heterocycles. The normalized spacial score (nSPS) is 16.9. The van der Waals surface area contributed by atoms with E-state index in [0.29, 0.717) is 10.9 Å². The quantitative estimate of drug-likeness (QED) is 0.272. The lowest BCUT2D eigenvalue weighted by molar-refractivity contribution is 0.414. The maximum absolute atomic E-state index is 13.4. The Morgan fingerprint density at radius 3 is 2.47 bits per heavy atom. The van der Waals surface area contributed by atoms with E-state index >= 15 is 0 Å². The molecule has 0 saturated heterocycles. The van der Waals surface area contributed by atoms with Crippen molar-refractivity contribution in [1.29, 1.82) is 0 Å². The van der Waals surface area contributed by atoms with Crippen LogP contribution in [0.15, 0.2) is 112 Å². The molecular weight excluding hydrogens is 518 g/mol. The summed E-state index contributed by atoms with van der Waals surface area (Å²) in [6.45, 7) is 0. The van der Waals surface area contributed by atoms with Crippen LogP contribution in [0, 0.1) is 0 Å². The van der Waals surface area contributed by atoms with Crippen LogP contribution in [0.25, 0.3) is 10.8 Å². The summed E-state index contributed by atoms with van der Waals surface area (Å²) in [6, 6.07) is 27.5. The van der Waals surface area contributed by atoms with E-state index in [1.54, 1.807) is 48.3 Å². The molecule has 0 saturated carbocycles. The van der Waals surface area contributed by atoms with E-state index in [1.165, 1.54) is 18.1 Å². The fraction of sp³-hybridized carbons (Fsp3) is 0.107. The molecule has 0 unspecified atom stereocenters. The predicted octanol–water partition coefficient (Wildman–Crippen LogP) is 5.19. The number of thioether (sulfide) groups is 1. The molecule has 10 heteroatoms. The molecule has 1 heterocycles. The number of methoxy groups -OCH3 is 1. The largest absolute Gasteiger partial charge is 0.496 e. The lowest BCUT2D eigenvalue weighted by Gasteiger charge is -2.22. The van der Waals surface area contributed by atoms with E-state index in [1.807, 2.05) is 60.7 Å². The fourth-order valence-corrected chi connectivity index (χ4v) is 7.25. The van der Waals surface area contributed by atoms with Gasteiger partial charge in [-0.05, 0) is 46.2 Å². The summed E-state index contributed by atoms with van der Waals surface area (Å²) in [4.78, 5) is 0.219. The molecule has 1 aliphatic carbocycles. The van der Waals surface area contributed by atoms with Gasteiger partial charge >= 0.3 is 0 Å². The van der Waals surface area contributed by atoms with Crippen molar-refractivity contribution in [3.8, 4) is 5.75 Å². The maximum Gasteiger partial charge on any atom is 0.241 e. The minimum atomic E-state index is -3.78. The molecule has 0 radical (unpaired) electrons. The van der Waals surface area contributed by atoms with Crippen molar-refractivity contribution >= 4 is 38.8 Å². The molecule has 8 nitrogen and oxygen atoms in total. The highest BCUT2D eigenvalue weighted by molar-refractivity contribution is 7.99. The number of sulfonamides is 1. The maximum atomic E-state index is 13.4. The number of hydrogen-bond acceptors (Lipinski definition) is 7. The third-order valence-electron chi connectivity index (χ3n) is 6.44. The van der Waals surface area contributed by atoms with Crippen LogP contribution in [-0.2, 0) is 10.0 Å². The van der Waals surface area contributed by atoms with Gasteiger partial charge in [0.05, 0.1) is 29.5 Å². The fourth-order valence-electron chi connectivity index (χ4n) is 4.72. The lowest BCUT2D eigenvalue weighted by atomic mass is 10.1. The van der Waals surface area contributed by atoms with E-state index in [2.05, 4.69) is 20.0 Å². The highest BCUT2D eigenvalue weighted by Gasteiger charge is 2.38. The zero-order chi connectivity index (χ0) is 26.1. The van der Waals surface area contributed by atoms with Gasteiger partial charge in [0.15, 0.2) is 0 Å². The van der Waals surface area contributed by atoms with Crippen molar-refractivity contribution in [1.82, 2.24) is 19.6 Å². The first kappa shape index (κ1) is 24.4. The van der Waals surface area contributed by atoms with Gasteiger partial charge in [0.1, 0.15) is 12.1 Å². The monoisotopic (exact) mass is 541 g/mol. The number of ether oxygens (including phenoxy) is 1. The van der Waals surface area contributed by atoms with Crippen LogP contribution < -0.4 is 9.46 Å². The average molecular weight is 542 g/mol. The summed E-state index contributed by atoms with van der Waals surface area (Å²) >= 11 is 1.42. The van der Waals surface area contributed by atoms with Gasteiger partial charge < -0.3 is 4.74 Å². The molecule has 1 N–H and O–H groups in total. The van der Waals surface area contributed by atoms with Crippen molar-refractivity contribution in [2.45, 2.75) is 21.3 Å². The van der Waals surface area contributed by atoms with E-state index in [4.69, 9.17) is 4.74 Å². The molecular formula is C28H23N5O3S2. The Morgan fingerprint density at radius 2 is 1.68 bits per heavy atom. The number of rotatable bonds is 8. The Bertz CT molecular complexity index is 1750. The first-order valence-electron chi connectivity index (χ1n) is 11.9. The number of nitrogens with one attached hydrogen (secondary N) is 1. The van der Waals surface area contributed by atoms with Gasteiger partial charge in [-0.2, -0.15) is 9.78 Å². The summed E-state index contributed by atoms with van der Waals surface area (Å²) in [6.07, 6.45) is 3.21. The van der Waals surface area contributed by atoms with Crippen molar-refractivity contribution in [2.75, 3.05) is 7.11 Å². The first-order chi connectivity index (χ1) is 18.5. The Labute approximate surface area is 224 Å². The minimum Gasteiger partial charge on any atom is -0.496 e. The smallest absolute Gasteiger partial charge is 0.241 e. The van der Waals surface area contributed by atoms with Crippen LogP contribution in [-0.4, -0.2) is 36.6 Å². The molecule has 1 aromatic heterocycles. The Morgan fingerprint density at radius 1 is 0.947 bits per heavy atom. The number of aromatic nitrogens is 3. The van der Waals surface area contributed by atoms with Crippen molar-refractivity contribution in [2.24, 2.45) is 5.10 Å². The third kappa shape index (κ3) is 4.47. The summed E-state index contributed by atoms with van der Waals surface area (Å²) in [5.41, 5.74) is 2.78. The Hall–Kier alpha value is -3.99. The van der Waals surface area contributed by atoms with Crippen LogP contribution in [0.2, 0.25) is 0 Å². The van der Waals surface area contributed by atoms with Crippen molar-refractivity contribution < 1.29 is 13.2 Å². The molecule has 0 amide bonds. The van der Waals surface area contributed by atoms with Gasteiger partial charge in [-0.1, -0.05) is 78.5 Å². The topological polar surface area (TPSA) is 98.5 Å². The molecule has 0 bridgehead atoms. The average Bonchev–Trinajstić information content (AvgIpc) is 3.52. The van der Waals surface area contributed by atoms with Crippen LogP contribution in [0.5, 0.6) is 5.75 Å². The third-order valence-corrected chi connectivity index (χ3v) is 9.16. The second-order valence-electron chi connectivity index (χ2n) is 8.69. The van der Waals surface area contributed by atoms with Gasteiger partial charge in [0.2, 0.25) is 15.2 Å². The molecule has 1 aliphatic rings. The lowest BCUT2D eigenvalue weighted by Crippen LogP contribution is -2.30. The Kier molecular flexibility index (Phi) is 6.44. The highest BCUT2D eigenvalue weighted by atomic mass is 32.2. The SMILES string of the molecule is COc1ccccc1/C=N\n1cnnc1S[C@@H]1c2cccc3cccc(c23)[C@@H]1NS(=O)(=O)c1ccccc1.